The van der Waals surface area contributed by atoms with Crippen LogP contribution < -0.4 is 5.32 Å². The van der Waals surface area contributed by atoms with E-state index >= 15 is 0 Å². The second-order valence-corrected chi connectivity index (χ2v) is 9.53. The summed E-state index contributed by atoms with van der Waals surface area (Å²) in [6.45, 7) is 1.30. The summed E-state index contributed by atoms with van der Waals surface area (Å²) in [6, 6.07) is 4.27. The molecule has 0 radical (unpaired) electrons. The van der Waals surface area contributed by atoms with Crippen molar-refractivity contribution in [1.29, 1.82) is 5.26 Å². The zero-order chi connectivity index (χ0) is 25.8. The van der Waals surface area contributed by atoms with Crippen LogP contribution in [0.25, 0.3) is 0 Å². The Bertz CT molecular complexity index is 819. The molecule has 1 rings (SSSR count). The van der Waals surface area contributed by atoms with Crippen LogP contribution in [0.5, 0.6) is 0 Å². The number of nitrogens with zero attached hydrogens (tertiary/aromatic N) is 1. The first kappa shape index (κ1) is 30.1. The Hall–Kier alpha value is -1.93. The molecule has 192 valence electrons. The Morgan fingerprint density at radius 3 is 2.15 bits per heavy atom. The Kier molecular flexibility index (Phi) is 12.2. The molecule has 1 amide bonds. The Morgan fingerprint density at radius 2 is 1.56 bits per heavy atom. The Labute approximate surface area is 200 Å². The summed E-state index contributed by atoms with van der Waals surface area (Å²) >= 11 is 1.52. The molecule has 11 heteroatoms. The van der Waals surface area contributed by atoms with Crippen molar-refractivity contribution >= 4 is 23.4 Å². The third-order valence-electron chi connectivity index (χ3n) is 5.14. The predicted octanol–water partition coefficient (Wildman–Crippen LogP) is 7.07. The highest BCUT2D eigenvalue weighted by Gasteiger charge is 2.35. The molecule has 0 fully saturated rings. The van der Waals surface area contributed by atoms with Gasteiger partial charge in [0.2, 0.25) is 0 Å². The summed E-state index contributed by atoms with van der Waals surface area (Å²) in [4.78, 5) is 12.3. The number of aliphatic hydroxyl groups is 1. The second-order valence-electron chi connectivity index (χ2n) is 8.30. The van der Waals surface area contributed by atoms with Crippen molar-refractivity contribution in [2.75, 3.05) is 16.8 Å². The molecule has 1 atom stereocenters. The van der Waals surface area contributed by atoms with Crippen LogP contribution >= 0.6 is 11.8 Å². The number of nitrogens with one attached hydrogen (secondary N) is 1. The van der Waals surface area contributed by atoms with E-state index < -0.39 is 41.4 Å². The molecule has 4 nitrogen and oxygen atoms in total. The highest BCUT2D eigenvalue weighted by molar-refractivity contribution is 7.99. The van der Waals surface area contributed by atoms with Crippen molar-refractivity contribution in [2.24, 2.45) is 0 Å². The average Bonchev–Trinajstić information content (AvgIpc) is 2.73. The minimum atomic E-state index is -4.75. The van der Waals surface area contributed by atoms with Gasteiger partial charge in [0.15, 0.2) is 0 Å². The van der Waals surface area contributed by atoms with Gasteiger partial charge in [-0.15, -0.1) is 0 Å². The summed E-state index contributed by atoms with van der Waals surface area (Å²) < 4.78 is 75.3. The number of halogens is 6. The van der Waals surface area contributed by atoms with Crippen molar-refractivity contribution in [3.8, 4) is 6.07 Å². The van der Waals surface area contributed by atoms with E-state index in [0.29, 0.717) is 18.2 Å². The maximum Gasteiger partial charge on any atom is 0.417 e. The normalized spacial score (nSPS) is 13.9. The van der Waals surface area contributed by atoms with Gasteiger partial charge in [-0.25, -0.2) is 0 Å². The largest absolute Gasteiger partial charge is 0.417 e. The fourth-order valence-corrected chi connectivity index (χ4v) is 4.15. The molecule has 0 aromatic heterocycles. The van der Waals surface area contributed by atoms with Crippen LogP contribution in [0.15, 0.2) is 18.2 Å². The first-order valence-corrected chi connectivity index (χ1v) is 12.2. The summed E-state index contributed by atoms with van der Waals surface area (Å²) in [7, 11) is 0. The van der Waals surface area contributed by atoms with Gasteiger partial charge in [-0.3, -0.25) is 4.79 Å². The molecular weight excluding hydrogens is 482 g/mol. The number of anilines is 1. The van der Waals surface area contributed by atoms with Crippen molar-refractivity contribution < 1.29 is 36.2 Å². The lowest BCUT2D eigenvalue weighted by Gasteiger charge is -2.22. The predicted molar refractivity (Wildman–Crippen MR) is 120 cm³/mol. The Balaban J connectivity index is 2.27. The van der Waals surface area contributed by atoms with Gasteiger partial charge >= 0.3 is 12.4 Å². The number of benzene rings is 1. The number of nitriles is 1. The maximum atomic E-state index is 13.1. The van der Waals surface area contributed by atoms with Crippen LogP contribution in [-0.4, -0.2) is 34.3 Å². The van der Waals surface area contributed by atoms with E-state index in [9.17, 15) is 36.2 Å². The highest BCUT2D eigenvalue weighted by Crippen LogP contribution is 2.34. The first-order chi connectivity index (χ1) is 15.8. The van der Waals surface area contributed by atoms with Crippen LogP contribution in [0.3, 0.4) is 0 Å². The third kappa shape index (κ3) is 12.0. The molecule has 0 aliphatic rings. The van der Waals surface area contributed by atoms with Crippen molar-refractivity contribution in [3.63, 3.8) is 0 Å². The lowest BCUT2D eigenvalue weighted by molar-refractivity contribution is -0.138. The van der Waals surface area contributed by atoms with Crippen LogP contribution in [-0.2, 0) is 11.0 Å². The minimum absolute atomic E-state index is 0.135. The van der Waals surface area contributed by atoms with E-state index in [0.717, 1.165) is 43.9 Å². The zero-order valence-corrected chi connectivity index (χ0v) is 19.8. The molecule has 34 heavy (non-hydrogen) atoms. The fraction of sp³-hybridized carbons (Fsp3) is 0.652. The van der Waals surface area contributed by atoms with E-state index in [4.69, 9.17) is 5.26 Å². The average molecular weight is 513 g/mol. The molecule has 0 saturated heterocycles. The molecule has 0 aliphatic heterocycles. The molecule has 1 aromatic rings. The van der Waals surface area contributed by atoms with Gasteiger partial charge < -0.3 is 10.4 Å². The molecular formula is C23H30F6N2O2S. The van der Waals surface area contributed by atoms with E-state index in [1.807, 2.05) is 0 Å². The minimum Gasteiger partial charge on any atom is -0.380 e. The fourth-order valence-electron chi connectivity index (χ4n) is 3.19. The quantitative estimate of drug-likeness (QED) is 0.207. The smallest absolute Gasteiger partial charge is 0.380 e. The van der Waals surface area contributed by atoms with Crippen molar-refractivity contribution in [3.05, 3.63) is 29.3 Å². The van der Waals surface area contributed by atoms with Crippen molar-refractivity contribution in [1.82, 2.24) is 0 Å². The molecule has 0 heterocycles. The molecule has 1 aromatic carbocycles. The van der Waals surface area contributed by atoms with Gasteiger partial charge in [-0.05, 0) is 55.9 Å². The van der Waals surface area contributed by atoms with Gasteiger partial charge in [0, 0.05) is 12.1 Å². The van der Waals surface area contributed by atoms with Gasteiger partial charge in [0.25, 0.3) is 5.91 Å². The van der Waals surface area contributed by atoms with E-state index in [2.05, 4.69) is 5.32 Å². The van der Waals surface area contributed by atoms with Gasteiger partial charge in [-0.2, -0.15) is 43.4 Å². The van der Waals surface area contributed by atoms with E-state index in [1.165, 1.54) is 30.8 Å². The Morgan fingerprint density at radius 1 is 0.971 bits per heavy atom. The molecule has 0 unspecified atom stereocenters. The standard InChI is InChI=1S/C23H30F6N2O2S/c1-21(33,11-6-4-2-3-5-7-13-34-14-8-12-22(24,25)26)20(32)31-18-10-9-17(16-30)19(15-18)23(27,28)29/h9-10,15,33H,2-8,11-14H2,1H3,(H,31,32)/t21-/m0/s1. The molecule has 2 N–H and O–H groups in total. The number of alkyl halides is 6. The zero-order valence-electron chi connectivity index (χ0n) is 19.0. The molecule has 0 bridgehead atoms. The molecule has 0 saturated carbocycles. The van der Waals surface area contributed by atoms with Gasteiger partial charge in [0.1, 0.15) is 5.60 Å². The number of carbonyl (C=O) groups excluding carboxylic acids is 1. The van der Waals surface area contributed by atoms with Crippen LogP contribution in [0.1, 0.15) is 75.8 Å². The second kappa shape index (κ2) is 13.8. The molecule has 0 spiro atoms. The van der Waals surface area contributed by atoms with E-state index in [-0.39, 0.29) is 18.5 Å². The SMILES string of the molecule is C[C@](O)(CCCCCCCCSCCCC(F)(F)F)C(=O)Nc1ccc(C#N)c(C(F)(F)F)c1. The monoisotopic (exact) mass is 512 g/mol. The lowest BCUT2D eigenvalue weighted by Crippen LogP contribution is -2.40. The van der Waals surface area contributed by atoms with Gasteiger partial charge in [0.05, 0.1) is 17.2 Å². The number of amides is 1. The first-order valence-electron chi connectivity index (χ1n) is 11.1. The number of hydrogen-bond donors (Lipinski definition) is 2. The number of hydrogen-bond acceptors (Lipinski definition) is 4. The summed E-state index contributed by atoms with van der Waals surface area (Å²) in [5.41, 5.74) is -3.64. The van der Waals surface area contributed by atoms with Crippen molar-refractivity contribution in [2.45, 2.75) is 82.7 Å². The topological polar surface area (TPSA) is 73.1 Å². The summed E-state index contributed by atoms with van der Waals surface area (Å²) in [6.07, 6.45) is -4.33. The van der Waals surface area contributed by atoms with Crippen LogP contribution in [0.2, 0.25) is 0 Å². The van der Waals surface area contributed by atoms with Gasteiger partial charge in [-0.1, -0.05) is 32.1 Å². The van der Waals surface area contributed by atoms with Crippen LogP contribution in [0.4, 0.5) is 32.0 Å². The number of rotatable bonds is 14. The maximum absolute atomic E-state index is 13.1. The number of carbonyl (C=O) groups is 1. The number of unbranched alkanes of at least 4 members (excludes halogenated alkanes) is 5. The summed E-state index contributed by atoms with van der Waals surface area (Å²) in [5, 5.41) is 21.5. The third-order valence-corrected chi connectivity index (χ3v) is 6.30. The summed E-state index contributed by atoms with van der Waals surface area (Å²) in [5.74, 6) is 0.488. The van der Waals surface area contributed by atoms with E-state index in [1.54, 1.807) is 0 Å². The molecule has 0 aliphatic carbocycles. The lowest BCUT2D eigenvalue weighted by atomic mass is 9.96. The highest BCUT2D eigenvalue weighted by atomic mass is 32.2. The number of thioether (sulfide) groups is 1. The van der Waals surface area contributed by atoms with Crippen LogP contribution in [0, 0.1) is 11.3 Å².